The van der Waals surface area contributed by atoms with Gasteiger partial charge >= 0.3 is 0 Å². The second-order valence-corrected chi connectivity index (χ2v) is 9.81. The van der Waals surface area contributed by atoms with Gasteiger partial charge in [0.15, 0.2) is 0 Å². The SMILES string of the molecule is CN(CC(=O)Nc1cccc(-c2nc3ccccc3n2C)c1)S(=O)(=O)c1ccc(Cl)cc1. The van der Waals surface area contributed by atoms with Crippen LogP contribution in [-0.2, 0) is 21.9 Å². The molecule has 0 radical (unpaired) electrons. The molecule has 4 aromatic rings. The van der Waals surface area contributed by atoms with Crippen LogP contribution in [0, 0.1) is 0 Å². The Morgan fingerprint density at radius 2 is 1.78 bits per heavy atom. The summed E-state index contributed by atoms with van der Waals surface area (Å²) in [7, 11) is -0.517. The van der Waals surface area contributed by atoms with Crippen LogP contribution in [0.15, 0.2) is 77.7 Å². The molecule has 0 aliphatic rings. The molecular weight excluding hydrogens is 448 g/mol. The Hall–Kier alpha value is -3.20. The van der Waals surface area contributed by atoms with Crippen molar-refractivity contribution in [2.45, 2.75) is 4.90 Å². The molecule has 1 N–H and O–H groups in total. The number of amides is 1. The number of nitrogens with zero attached hydrogens (tertiary/aromatic N) is 3. The lowest BCUT2D eigenvalue weighted by Crippen LogP contribution is -2.34. The van der Waals surface area contributed by atoms with Gasteiger partial charge in [0.1, 0.15) is 5.82 Å². The maximum absolute atomic E-state index is 12.7. The van der Waals surface area contributed by atoms with Crippen LogP contribution in [0.1, 0.15) is 0 Å². The summed E-state index contributed by atoms with van der Waals surface area (Å²) >= 11 is 5.83. The number of nitrogens with one attached hydrogen (secondary N) is 1. The highest BCUT2D eigenvalue weighted by Crippen LogP contribution is 2.25. The molecule has 0 unspecified atom stereocenters. The molecule has 7 nitrogen and oxygen atoms in total. The number of likely N-dealkylation sites (N-methyl/N-ethyl adjacent to an activating group) is 1. The van der Waals surface area contributed by atoms with Crippen LogP contribution < -0.4 is 5.32 Å². The van der Waals surface area contributed by atoms with Gasteiger partial charge in [-0.1, -0.05) is 35.9 Å². The van der Waals surface area contributed by atoms with Gasteiger partial charge in [-0.3, -0.25) is 4.79 Å². The Kier molecular flexibility index (Phi) is 6.01. The predicted molar refractivity (Wildman–Crippen MR) is 126 cm³/mol. The van der Waals surface area contributed by atoms with Gasteiger partial charge < -0.3 is 9.88 Å². The van der Waals surface area contributed by atoms with Crippen LogP contribution >= 0.6 is 11.6 Å². The lowest BCUT2D eigenvalue weighted by molar-refractivity contribution is -0.116. The first-order chi connectivity index (χ1) is 15.3. The third kappa shape index (κ3) is 4.38. The molecule has 4 rings (SSSR count). The van der Waals surface area contributed by atoms with Crippen LogP contribution in [0.4, 0.5) is 5.69 Å². The maximum Gasteiger partial charge on any atom is 0.243 e. The van der Waals surface area contributed by atoms with E-state index in [0.717, 1.165) is 26.7 Å². The van der Waals surface area contributed by atoms with E-state index in [1.165, 1.54) is 31.3 Å². The maximum atomic E-state index is 12.7. The lowest BCUT2D eigenvalue weighted by atomic mass is 10.2. The van der Waals surface area contributed by atoms with Crippen molar-refractivity contribution in [1.29, 1.82) is 0 Å². The van der Waals surface area contributed by atoms with E-state index in [1.54, 1.807) is 6.07 Å². The molecule has 0 fully saturated rings. The van der Waals surface area contributed by atoms with Gasteiger partial charge in [-0.15, -0.1) is 0 Å². The van der Waals surface area contributed by atoms with Crippen molar-refractivity contribution in [3.05, 3.63) is 77.8 Å². The van der Waals surface area contributed by atoms with E-state index in [9.17, 15) is 13.2 Å². The molecule has 32 heavy (non-hydrogen) atoms. The highest BCUT2D eigenvalue weighted by atomic mass is 35.5. The van der Waals surface area contributed by atoms with E-state index in [2.05, 4.69) is 10.3 Å². The van der Waals surface area contributed by atoms with Gasteiger partial charge in [-0.05, 0) is 48.5 Å². The van der Waals surface area contributed by atoms with Gasteiger partial charge in [0.25, 0.3) is 0 Å². The summed E-state index contributed by atoms with van der Waals surface area (Å²) in [6.07, 6.45) is 0. The van der Waals surface area contributed by atoms with Gasteiger partial charge in [-0.25, -0.2) is 13.4 Å². The van der Waals surface area contributed by atoms with E-state index < -0.39 is 15.9 Å². The zero-order valence-corrected chi connectivity index (χ0v) is 19.1. The highest BCUT2D eigenvalue weighted by Gasteiger charge is 2.23. The smallest absolute Gasteiger partial charge is 0.243 e. The number of benzene rings is 3. The number of halogens is 1. The van der Waals surface area contributed by atoms with E-state index in [1.807, 2.05) is 54.1 Å². The van der Waals surface area contributed by atoms with Crippen molar-refractivity contribution in [3.8, 4) is 11.4 Å². The first kappa shape index (κ1) is 22.0. The number of hydrogen-bond donors (Lipinski definition) is 1. The summed E-state index contributed by atoms with van der Waals surface area (Å²) in [6.45, 7) is -0.332. The molecule has 1 aromatic heterocycles. The molecule has 0 atom stereocenters. The second-order valence-electron chi connectivity index (χ2n) is 7.33. The molecule has 0 aliphatic carbocycles. The van der Waals surface area contributed by atoms with Gasteiger partial charge in [0, 0.05) is 30.4 Å². The Morgan fingerprint density at radius 1 is 1.06 bits per heavy atom. The van der Waals surface area contributed by atoms with Crippen molar-refractivity contribution in [2.24, 2.45) is 7.05 Å². The standard InChI is InChI=1S/C23H21ClN4O3S/c1-27(32(30,31)19-12-10-17(24)11-13-19)15-22(29)25-18-7-5-6-16(14-18)23-26-20-8-3-4-9-21(20)28(23)2/h3-14H,15H2,1-2H3,(H,25,29). The van der Waals surface area contributed by atoms with Gasteiger partial charge in [0.2, 0.25) is 15.9 Å². The summed E-state index contributed by atoms with van der Waals surface area (Å²) in [4.78, 5) is 17.3. The fraction of sp³-hybridized carbons (Fsp3) is 0.130. The average molecular weight is 469 g/mol. The lowest BCUT2D eigenvalue weighted by Gasteiger charge is -2.17. The summed E-state index contributed by atoms with van der Waals surface area (Å²) in [5.41, 5.74) is 3.28. The van der Waals surface area contributed by atoms with Crippen molar-refractivity contribution in [3.63, 3.8) is 0 Å². The molecule has 1 heterocycles. The van der Waals surface area contributed by atoms with Crippen LogP contribution in [0.25, 0.3) is 22.4 Å². The van der Waals surface area contributed by atoms with Crippen LogP contribution in [0.2, 0.25) is 5.02 Å². The van der Waals surface area contributed by atoms with E-state index in [-0.39, 0.29) is 11.4 Å². The number of carbonyl (C=O) groups excluding carboxylic acids is 1. The third-order valence-electron chi connectivity index (χ3n) is 5.08. The molecule has 1 amide bonds. The van der Waals surface area contributed by atoms with Crippen LogP contribution in [-0.4, -0.2) is 41.8 Å². The van der Waals surface area contributed by atoms with Crippen molar-refractivity contribution in [2.75, 3.05) is 18.9 Å². The fourth-order valence-corrected chi connectivity index (χ4v) is 4.67. The first-order valence-corrected chi connectivity index (χ1v) is 11.6. The van der Waals surface area contributed by atoms with Gasteiger partial charge in [-0.2, -0.15) is 4.31 Å². The molecule has 0 saturated carbocycles. The minimum Gasteiger partial charge on any atom is -0.327 e. The zero-order valence-electron chi connectivity index (χ0n) is 17.5. The molecule has 0 spiro atoms. The largest absolute Gasteiger partial charge is 0.327 e. The predicted octanol–water partition coefficient (Wildman–Crippen LogP) is 4.15. The van der Waals surface area contributed by atoms with Crippen molar-refractivity contribution in [1.82, 2.24) is 13.9 Å². The second kappa shape index (κ2) is 8.74. The number of aromatic nitrogens is 2. The zero-order chi connectivity index (χ0) is 22.9. The monoisotopic (exact) mass is 468 g/mol. The number of aryl methyl sites for hydroxylation is 1. The van der Waals surface area contributed by atoms with E-state index in [4.69, 9.17) is 11.6 Å². The van der Waals surface area contributed by atoms with Crippen LogP contribution in [0.3, 0.4) is 0 Å². The molecule has 0 aliphatic heterocycles. The average Bonchev–Trinajstić information content (AvgIpc) is 3.11. The quantitative estimate of drug-likeness (QED) is 0.460. The topological polar surface area (TPSA) is 84.3 Å². The van der Waals surface area contributed by atoms with Crippen molar-refractivity contribution < 1.29 is 13.2 Å². The summed E-state index contributed by atoms with van der Waals surface area (Å²) in [6, 6.07) is 20.9. The minimum absolute atomic E-state index is 0.0704. The number of imidazole rings is 1. The molecule has 3 aromatic carbocycles. The summed E-state index contributed by atoms with van der Waals surface area (Å²) in [5.74, 6) is 0.317. The molecule has 0 bridgehead atoms. The number of rotatable bonds is 6. The Bertz CT molecular complexity index is 1400. The normalized spacial score (nSPS) is 11.8. The highest BCUT2D eigenvalue weighted by molar-refractivity contribution is 7.89. The molecule has 9 heteroatoms. The number of sulfonamides is 1. The van der Waals surface area contributed by atoms with E-state index >= 15 is 0 Å². The number of hydrogen-bond acceptors (Lipinski definition) is 4. The van der Waals surface area contributed by atoms with Gasteiger partial charge in [0.05, 0.1) is 22.5 Å². The Morgan fingerprint density at radius 3 is 2.50 bits per heavy atom. The number of para-hydroxylation sites is 2. The Balaban J connectivity index is 1.50. The fourth-order valence-electron chi connectivity index (χ4n) is 3.41. The summed E-state index contributed by atoms with van der Waals surface area (Å²) < 4.78 is 28.4. The molecule has 164 valence electrons. The van der Waals surface area contributed by atoms with Crippen molar-refractivity contribution >= 4 is 44.3 Å². The molecular formula is C23H21ClN4O3S. The van der Waals surface area contributed by atoms with Crippen LogP contribution in [0.5, 0.6) is 0 Å². The third-order valence-corrected chi connectivity index (χ3v) is 7.15. The Labute approximate surface area is 191 Å². The minimum atomic E-state index is -3.81. The number of fused-ring (bicyclic) bond motifs is 1. The molecule has 0 saturated heterocycles. The van der Waals surface area contributed by atoms with E-state index in [0.29, 0.717) is 10.7 Å². The first-order valence-electron chi connectivity index (χ1n) is 9.79. The number of carbonyl (C=O) groups is 1. The summed E-state index contributed by atoms with van der Waals surface area (Å²) in [5, 5.41) is 3.20. The number of anilines is 1.